The molecule has 0 radical (unpaired) electrons. The van der Waals surface area contributed by atoms with E-state index in [-0.39, 0.29) is 11.9 Å². The summed E-state index contributed by atoms with van der Waals surface area (Å²) >= 11 is 1.64. The Morgan fingerprint density at radius 1 is 1.15 bits per heavy atom. The van der Waals surface area contributed by atoms with Gasteiger partial charge in [0, 0.05) is 25.4 Å². The normalized spacial score (nSPS) is 19.7. The molecule has 1 atom stereocenters. The molecule has 8 heteroatoms. The van der Waals surface area contributed by atoms with E-state index in [1.54, 1.807) is 23.9 Å². The molecule has 6 nitrogen and oxygen atoms in total. The molecule has 1 aromatic heterocycles. The third kappa shape index (κ3) is 4.73. The number of aromatic nitrogens is 3. The lowest BCUT2D eigenvalue weighted by molar-refractivity contribution is 0.0952. The number of hydrogen-bond acceptors (Lipinski definition) is 6. The van der Waals surface area contributed by atoms with E-state index in [1.807, 2.05) is 0 Å². The van der Waals surface area contributed by atoms with Crippen LogP contribution < -0.4 is 9.64 Å². The van der Waals surface area contributed by atoms with Gasteiger partial charge in [0.1, 0.15) is 11.6 Å². The highest BCUT2D eigenvalue weighted by Crippen LogP contribution is 2.27. The molecule has 1 aromatic carbocycles. The molecule has 0 spiro atoms. The van der Waals surface area contributed by atoms with E-state index >= 15 is 0 Å². The molecule has 0 unspecified atom stereocenters. The van der Waals surface area contributed by atoms with Crippen LogP contribution in [0.5, 0.6) is 5.75 Å². The van der Waals surface area contributed by atoms with E-state index in [2.05, 4.69) is 19.7 Å². The van der Waals surface area contributed by atoms with Crippen LogP contribution in [0, 0.1) is 5.82 Å². The van der Waals surface area contributed by atoms with Crippen LogP contribution in [-0.2, 0) is 11.3 Å². The number of ether oxygens (including phenoxy) is 2. The lowest BCUT2D eigenvalue weighted by Crippen LogP contribution is -2.25. The Kier molecular flexibility index (Phi) is 6.14. The Bertz CT molecular complexity index is 728. The van der Waals surface area contributed by atoms with E-state index in [0.717, 1.165) is 55.9 Å². The summed E-state index contributed by atoms with van der Waals surface area (Å²) in [7, 11) is 0. The maximum atomic E-state index is 12.9. The molecule has 4 rings (SSSR count). The molecule has 2 aliphatic heterocycles. The van der Waals surface area contributed by atoms with Gasteiger partial charge in [-0.05, 0) is 49.9 Å². The predicted molar refractivity (Wildman–Crippen MR) is 103 cm³/mol. The largest absolute Gasteiger partial charge is 0.493 e. The van der Waals surface area contributed by atoms with Gasteiger partial charge in [-0.3, -0.25) is 4.57 Å². The van der Waals surface area contributed by atoms with Gasteiger partial charge in [0.15, 0.2) is 5.16 Å². The highest BCUT2D eigenvalue weighted by molar-refractivity contribution is 7.99. The number of thioether (sulfide) groups is 1. The third-order valence-corrected chi connectivity index (χ3v) is 5.82. The summed E-state index contributed by atoms with van der Waals surface area (Å²) in [4.78, 5) is 2.32. The number of rotatable bonds is 8. The maximum Gasteiger partial charge on any atom is 0.228 e. The fourth-order valence-corrected chi connectivity index (χ4v) is 4.27. The smallest absolute Gasteiger partial charge is 0.228 e. The van der Waals surface area contributed by atoms with Crippen LogP contribution in [0.2, 0.25) is 0 Å². The Balaban J connectivity index is 1.37. The predicted octanol–water partition coefficient (Wildman–Crippen LogP) is 3.37. The first kappa shape index (κ1) is 18.6. The molecule has 0 amide bonds. The fraction of sp³-hybridized carbons (Fsp3) is 0.579. The van der Waals surface area contributed by atoms with Crippen LogP contribution in [-0.4, -0.2) is 52.9 Å². The van der Waals surface area contributed by atoms with Crippen molar-refractivity contribution in [2.24, 2.45) is 0 Å². The molecular formula is C19H25FN4O2S. The standard InChI is InChI=1S/C19H25FN4O2S/c20-15-5-7-16(8-6-15)26-12-13-27-19-22-21-18(23-9-1-2-10-23)24(19)14-17-4-3-11-25-17/h5-8,17H,1-4,9-14H2/t17-/m1/s1. The Morgan fingerprint density at radius 2 is 1.96 bits per heavy atom. The second-order valence-corrected chi connectivity index (χ2v) is 7.94. The van der Waals surface area contributed by atoms with Crippen molar-refractivity contribution in [1.29, 1.82) is 0 Å². The summed E-state index contributed by atoms with van der Waals surface area (Å²) in [5.41, 5.74) is 0. The first-order valence-electron chi connectivity index (χ1n) is 9.60. The van der Waals surface area contributed by atoms with Crippen molar-refractivity contribution in [2.75, 3.05) is 37.0 Å². The molecule has 0 aliphatic carbocycles. The summed E-state index contributed by atoms with van der Waals surface area (Å²) in [5.74, 6) is 2.13. The fourth-order valence-electron chi connectivity index (χ4n) is 3.51. The molecule has 27 heavy (non-hydrogen) atoms. The van der Waals surface area contributed by atoms with Gasteiger partial charge in [0.25, 0.3) is 0 Å². The quantitative estimate of drug-likeness (QED) is 0.507. The van der Waals surface area contributed by atoms with Gasteiger partial charge in [0.05, 0.1) is 19.3 Å². The molecule has 2 aliphatic rings. The van der Waals surface area contributed by atoms with Crippen molar-refractivity contribution >= 4 is 17.7 Å². The van der Waals surface area contributed by atoms with E-state index in [1.165, 1.54) is 25.0 Å². The molecule has 146 valence electrons. The van der Waals surface area contributed by atoms with E-state index < -0.39 is 0 Å². The van der Waals surface area contributed by atoms with Gasteiger partial charge in [-0.15, -0.1) is 10.2 Å². The second kappa shape index (κ2) is 8.93. The van der Waals surface area contributed by atoms with Gasteiger partial charge >= 0.3 is 0 Å². The summed E-state index contributed by atoms with van der Waals surface area (Å²) < 4.78 is 26.7. The number of hydrogen-bond donors (Lipinski definition) is 0. The average molecular weight is 393 g/mol. The summed E-state index contributed by atoms with van der Waals surface area (Å²) in [6.45, 7) is 4.27. The monoisotopic (exact) mass is 392 g/mol. The Labute approximate surface area is 163 Å². The van der Waals surface area contributed by atoms with Crippen LogP contribution >= 0.6 is 11.8 Å². The molecular weight excluding hydrogens is 367 g/mol. The van der Waals surface area contributed by atoms with Gasteiger partial charge < -0.3 is 14.4 Å². The first-order chi connectivity index (χ1) is 13.3. The number of benzene rings is 1. The topological polar surface area (TPSA) is 52.4 Å². The summed E-state index contributed by atoms with van der Waals surface area (Å²) in [5, 5.41) is 9.81. The second-order valence-electron chi connectivity index (χ2n) is 6.87. The van der Waals surface area contributed by atoms with Crippen molar-refractivity contribution in [3.8, 4) is 5.75 Å². The number of anilines is 1. The highest BCUT2D eigenvalue weighted by atomic mass is 32.2. The zero-order chi connectivity index (χ0) is 18.5. The van der Waals surface area contributed by atoms with Gasteiger partial charge in [0.2, 0.25) is 5.95 Å². The minimum Gasteiger partial charge on any atom is -0.493 e. The zero-order valence-corrected chi connectivity index (χ0v) is 16.2. The summed E-state index contributed by atoms with van der Waals surface area (Å²) in [6.07, 6.45) is 4.88. The van der Waals surface area contributed by atoms with Crippen LogP contribution in [0.1, 0.15) is 25.7 Å². The molecule has 0 N–H and O–H groups in total. The van der Waals surface area contributed by atoms with Crippen molar-refractivity contribution in [2.45, 2.75) is 43.5 Å². The first-order valence-corrected chi connectivity index (χ1v) is 10.6. The van der Waals surface area contributed by atoms with E-state index in [4.69, 9.17) is 9.47 Å². The van der Waals surface area contributed by atoms with Crippen LogP contribution in [0.3, 0.4) is 0 Å². The minimum absolute atomic E-state index is 0.247. The molecule has 3 heterocycles. The molecule has 0 bridgehead atoms. The lowest BCUT2D eigenvalue weighted by atomic mass is 10.2. The van der Waals surface area contributed by atoms with Crippen molar-refractivity contribution < 1.29 is 13.9 Å². The molecule has 2 saturated heterocycles. The Hall–Kier alpha value is -1.80. The van der Waals surface area contributed by atoms with Crippen LogP contribution in [0.4, 0.5) is 10.3 Å². The summed E-state index contributed by atoms with van der Waals surface area (Å²) in [6, 6.07) is 6.10. The van der Waals surface area contributed by atoms with Crippen LogP contribution in [0.25, 0.3) is 0 Å². The number of halogens is 1. The minimum atomic E-state index is -0.256. The van der Waals surface area contributed by atoms with Gasteiger partial charge in [-0.1, -0.05) is 11.8 Å². The van der Waals surface area contributed by atoms with E-state index in [0.29, 0.717) is 12.4 Å². The molecule has 2 aromatic rings. The van der Waals surface area contributed by atoms with Crippen molar-refractivity contribution in [3.63, 3.8) is 0 Å². The molecule has 0 saturated carbocycles. The van der Waals surface area contributed by atoms with Crippen molar-refractivity contribution in [1.82, 2.24) is 14.8 Å². The van der Waals surface area contributed by atoms with Gasteiger partial charge in [-0.25, -0.2) is 4.39 Å². The number of nitrogens with zero attached hydrogens (tertiary/aromatic N) is 4. The van der Waals surface area contributed by atoms with Gasteiger partial charge in [-0.2, -0.15) is 0 Å². The average Bonchev–Trinajstić information content (AvgIpc) is 3.43. The SMILES string of the molecule is Fc1ccc(OCCSc2nnc(N3CCCC3)n2C[C@H]2CCCO2)cc1. The van der Waals surface area contributed by atoms with Crippen LogP contribution in [0.15, 0.2) is 29.4 Å². The third-order valence-electron chi connectivity index (χ3n) is 4.89. The Morgan fingerprint density at radius 3 is 2.70 bits per heavy atom. The molecule has 2 fully saturated rings. The zero-order valence-electron chi connectivity index (χ0n) is 15.3. The van der Waals surface area contributed by atoms with Crippen molar-refractivity contribution in [3.05, 3.63) is 30.1 Å². The van der Waals surface area contributed by atoms with E-state index in [9.17, 15) is 4.39 Å². The maximum absolute atomic E-state index is 12.9. The highest BCUT2D eigenvalue weighted by Gasteiger charge is 2.25. The lowest BCUT2D eigenvalue weighted by Gasteiger charge is -2.20.